The first-order valence-electron chi connectivity index (χ1n) is 7.16. The summed E-state index contributed by atoms with van der Waals surface area (Å²) >= 11 is 11.9. The molecule has 128 valence electrons. The maximum absolute atomic E-state index is 12.1. The van der Waals surface area contributed by atoms with E-state index in [1.54, 1.807) is 38.5 Å². The summed E-state index contributed by atoms with van der Waals surface area (Å²) in [5, 5.41) is 6.70. The monoisotopic (exact) mass is 368 g/mol. The summed E-state index contributed by atoms with van der Waals surface area (Å²) in [4.78, 5) is 12.1. The summed E-state index contributed by atoms with van der Waals surface area (Å²) in [5.74, 6) is 0.998. The molecule has 1 amide bonds. The zero-order valence-electron chi connectivity index (χ0n) is 13.6. The van der Waals surface area contributed by atoms with Crippen LogP contribution in [0.2, 0.25) is 10.0 Å². The van der Waals surface area contributed by atoms with Crippen LogP contribution in [0.5, 0.6) is 11.5 Å². The molecule has 0 saturated carbocycles. The molecule has 0 saturated heterocycles. The van der Waals surface area contributed by atoms with Gasteiger partial charge < -0.3 is 20.1 Å². The fourth-order valence-electron chi connectivity index (χ4n) is 2.13. The molecule has 5 nitrogen and oxygen atoms in total. The summed E-state index contributed by atoms with van der Waals surface area (Å²) in [6.07, 6.45) is 0. The third-order valence-corrected chi connectivity index (χ3v) is 3.92. The van der Waals surface area contributed by atoms with Gasteiger partial charge in [-0.15, -0.1) is 0 Å². The lowest BCUT2D eigenvalue weighted by atomic mass is 10.1. The van der Waals surface area contributed by atoms with E-state index in [0.717, 1.165) is 11.3 Å². The highest BCUT2D eigenvalue weighted by Crippen LogP contribution is 2.32. The third kappa shape index (κ3) is 4.46. The predicted octanol–water partition coefficient (Wildman–Crippen LogP) is 4.37. The molecule has 2 N–H and O–H groups in total. The standard InChI is InChI=1S/C17H18Cl2N2O3/c1-10-6-15(23-2)16(24-3)8-14(10)20-9-17(22)21-13-5-4-11(18)7-12(13)19/h4-8,20H,9H2,1-3H3,(H,21,22). The highest BCUT2D eigenvalue weighted by molar-refractivity contribution is 6.36. The molecular formula is C17H18Cl2N2O3. The summed E-state index contributed by atoms with van der Waals surface area (Å²) in [6, 6.07) is 8.52. The van der Waals surface area contributed by atoms with Crippen molar-refractivity contribution in [2.75, 3.05) is 31.4 Å². The van der Waals surface area contributed by atoms with Crippen molar-refractivity contribution in [3.63, 3.8) is 0 Å². The Kier molecular flexibility index (Phi) is 6.17. The smallest absolute Gasteiger partial charge is 0.243 e. The van der Waals surface area contributed by atoms with Crippen LogP contribution in [0, 0.1) is 6.92 Å². The van der Waals surface area contributed by atoms with Gasteiger partial charge in [-0.2, -0.15) is 0 Å². The first kappa shape index (κ1) is 18.2. The topological polar surface area (TPSA) is 59.6 Å². The van der Waals surface area contributed by atoms with Crippen LogP contribution in [0.3, 0.4) is 0 Å². The minimum atomic E-state index is -0.228. The second-order valence-electron chi connectivity index (χ2n) is 5.05. The Balaban J connectivity index is 2.03. The summed E-state index contributed by atoms with van der Waals surface area (Å²) in [6.45, 7) is 1.99. The van der Waals surface area contributed by atoms with E-state index in [9.17, 15) is 4.79 Å². The SMILES string of the molecule is COc1cc(C)c(NCC(=O)Nc2ccc(Cl)cc2Cl)cc1OC. The van der Waals surface area contributed by atoms with E-state index in [2.05, 4.69) is 10.6 Å². The van der Waals surface area contributed by atoms with Crippen LogP contribution in [0.15, 0.2) is 30.3 Å². The van der Waals surface area contributed by atoms with Crippen molar-refractivity contribution in [1.29, 1.82) is 0 Å². The molecule has 2 aromatic rings. The predicted molar refractivity (Wildman–Crippen MR) is 97.9 cm³/mol. The molecule has 0 spiro atoms. The van der Waals surface area contributed by atoms with E-state index in [1.165, 1.54) is 0 Å². The van der Waals surface area contributed by atoms with Gasteiger partial charge in [-0.1, -0.05) is 23.2 Å². The number of anilines is 2. The Bertz CT molecular complexity index is 751. The molecule has 24 heavy (non-hydrogen) atoms. The first-order chi connectivity index (χ1) is 11.4. The van der Waals surface area contributed by atoms with Gasteiger partial charge in [0.05, 0.1) is 31.5 Å². The number of amides is 1. The van der Waals surface area contributed by atoms with E-state index in [-0.39, 0.29) is 12.5 Å². The third-order valence-electron chi connectivity index (χ3n) is 3.38. The minimum absolute atomic E-state index is 0.0786. The number of hydrogen-bond acceptors (Lipinski definition) is 4. The number of methoxy groups -OCH3 is 2. The summed E-state index contributed by atoms with van der Waals surface area (Å²) in [5.41, 5.74) is 2.23. The van der Waals surface area contributed by atoms with Crippen LogP contribution in [0.25, 0.3) is 0 Å². The number of rotatable bonds is 6. The zero-order chi connectivity index (χ0) is 17.7. The van der Waals surface area contributed by atoms with E-state index < -0.39 is 0 Å². The normalized spacial score (nSPS) is 10.2. The van der Waals surface area contributed by atoms with Crippen LogP contribution < -0.4 is 20.1 Å². The average Bonchev–Trinajstić information content (AvgIpc) is 2.56. The molecule has 2 aromatic carbocycles. The minimum Gasteiger partial charge on any atom is -0.493 e. The van der Waals surface area contributed by atoms with Crippen LogP contribution >= 0.6 is 23.2 Å². The molecule has 0 aliphatic carbocycles. The fraction of sp³-hybridized carbons (Fsp3) is 0.235. The lowest BCUT2D eigenvalue weighted by Crippen LogP contribution is -2.22. The van der Waals surface area contributed by atoms with Crippen molar-refractivity contribution in [3.8, 4) is 11.5 Å². The number of hydrogen-bond donors (Lipinski definition) is 2. The second-order valence-corrected chi connectivity index (χ2v) is 5.89. The van der Waals surface area contributed by atoms with Gasteiger partial charge in [-0.3, -0.25) is 4.79 Å². The number of halogens is 2. The van der Waals surface area contributed by atoms with Crippen molar-refractivity contribution < 1.29 is 14.3 Å². The number of aryl methyl sites for hydroxylation is 1. The Hall–Kier alpha value is -2.11. The molecule has 0 aliphatic rings. The summed E-state index contributed by atoms with van der Waals surface area (Å²) < 4.78 is 10.5. The number of benzene rings is 2. The molecule has 0 atom stereocenters. The molecule has 2 rings (SSSR count). The van der Waals surface area contributed by atoms with Crippen LogP contribution in [-0.4, -0.2) is 26.7 Å². The first-order valence-corrected chi connectivity index (χ1v) is 7.91. The van der Waals surface area contributed by atoms with E-state index in [4.69, 9.17) is 32.7 Å². The highest BCUT2D eigenvalue weighted by Gasteiger charge is 2.10. The molecule has 0 bridgehead atoms. The van der Waals surface area contributed by atoms with Crippen LogP contribution in [0.4, 0.5) is 11.4 Å². The maximum Gasteiger partial charge on any atom is 0.243 e. The molecule has 0 unspecified atom stereocenters. The largest absolute Gasteiger partial charge is 0.493 e. The average molecular weight is 369 g/mol. The van der Waals surface area contributed by atoms with E-state index >= 15 is 0 Å². The molecule has 7 heteroatoms. The second kappa shape index (κ2) is 8.13. The van der Waals surface area contributed by atoms with Crippen LogP contribution in [0.1, 0.15) is 5.56 Å². The van der Waals surface area contributed by atoms with Crippen molar-refractivity contribution in [3.05, 3.63) is 45.9 Å². The fourth-order valence-corrected chi connectivity index (χ4v) is 2.59. The quantitative estimate of drug-likeness (QED) is 0.794. The Morgan fingerprint density at radius 1 is 1.04 bits per heavy atom. The molecule has 0 radical (unpaired) electrons. The van der Waals surface area contributed by atoms with Gasteiger partial charge in [0.15, 0.2) is 11.5 Å². The van der Waals surface area contributed by atoms with Crippen LogP contribution in [-0.2, 0) is 4.79 Å². The van der Waals surface area contributed by atoms with E-state index in [1.807, 2.05) is 13.0 Å². The lowest BCUT2D eigenvalue weighted by Gasteiger charge is -2.14. The Labute approximate surface area is 150 Å². The summed E-state index contributed by atoms with van der Waals surface area (Å²) in [7, 11) is 3.14. The van der Waals surface area contributed by atoms with Crippen molar-refractivity contribution in [2.24, 2.45) is 0 Å². The molecule has 0 fully saturated rings. The Morgan fingerprint density at radius 3 is 2.33 bits per heavy atom. The molecular weight excluding hydrogens is 351 g/mol. The van der Waals surface area contributed by atoms with Gasteiger partial charge in [-0.25, -0.2) is 0 Å². The highest BCUT2D eigenvalue weighted by atomic mass is 35.5. The van der Waals surface area contributed by atoms with Crippen molar-refractivity contribution in [2.45, 2.75) is 6.92 Å². The van der Waals surface area contributed by atoms with Gasteiger partial charge in [0.1, 0.15) is 0 Å². The molecule has 0 heterocycles. The number of carbonyl (C=O) groups excluding carboxylic acids is 1. The van der Waals surface area contributed by atoms with Crippen molar-refractivity contribution in [1.82, 2.24) is 0 Å². The number of nitrogens with one attached hydrogen (secondary N) is 2. The molecule has 0 aliphatic heterocycles. The number of ether oxygens (including phenoxy) is 2. The van der Waals surface area contributed by atoms with Crippen molar-refractivity contribution >= 4 is 40.5 Å². The van der Waals surface area contributed by atoms with Gasteiger partial charge in [0.2, 0.25) is 5.91 Å². The zero-order valence-corrected chi connectivity index (χ0v) is 15.1. The van der Waals surface area contributed by atoms with E-state index in [0.29, 0.717) is 27.2 Å². The maximum atomic E-state index is 12.1. The lowest BCUT2D eigenvalue weighted by molar-refractivity contribution is -0.114. The number of carbonyl (C=O) groups is 1. The van der Waals surface area contributed by atoms with Gasteiger partial charge >= 0.3 is 0 Å². The van der Waals surface area contributed by atoms with Gasteiger partial charge in [0, 0.05) is 16.8 Å². The Morgan fingerprint density at radius 2 is 1.71 bits per heavy atom. The van der Waals surface area contributed by atoms with Gasteiger partial charge in [0.25, 0.3) is 0 Å². The molecule has 0 aromatic heterocycles. The van der Waals surface area contributed by atoms with Gasteiger partial charge in [-0.05, 0) is 36.8 Å².